The largest absolute Gasteiger partial charge is 0.471 e. The Morgan fingerprint density at radius 2 is 2.13 bits per heavy atom. The third kappa shape index (κ3) is 3.92. The molecule has 1 aliphatic carbocycles. The number of carbonyl (C=O) groups is 1. The number of ether oxygens (including phenoxy) is 1. The van der Waals surface area contributed by atoms with Gasteiger partial charge < -0.3 is 9.64 Å². The summed E-state index contributed by atoms with van der Waals surface area (Å²) in [6, 6.07) is 7.85. The minimum atomic E-state index is -0.0256. The average Bonchev–Trinajstić information content (AvgIpc) is 3.22. The number of carbonyl (C=O) groups excluding carboxylic acids is 1. The molecule has 1 amide bonds. The molecular formula is C18H23N3O2. The van der Waals surface area contributed by atoms with E-state index in [1.807, 2.05) is 33.0 Å². The molecule has 1 aromatic heterocycles. The summed E-state index contributed by atoms with van der Waals surface area (Å²) in [7, 11) is 1.84. The van der Waals surface area contributed by atoms with Gasteiger partial charge in [0.05, 0.1) is 0 Å². The van der Waals surface area contributed by atoms with E-state index in [1.54, 1.807) is 21.8 Å². The molecular weight excluding hydrogens is 290 g/mol. The summed E-state index contributed by atoms with van der Waals surface area (Å²) in [5, 5.41) is 4.33. The van der Waals surface area contributed by atoms with Crippen molar-refractivity contribution >= 4 is 5.91 Å². The fourth-order valence-electron chi connectivity index (χ4n) is 2.51. The number of amides is 1. The quantitative estimate of drug-likeness (QED) is 0.823. The molecule has 0 radical (unpaired) electrons. The lowest BCUT2D eigenvalue weighted by Gasteiger charge is -2.15. The summed E-state index contributed by atoms with van der Waals surface area (Å²) in [4.78, 5) is 14.1. The van der Waals surface area contributed by atoms with E-state index in [4.69, 9.17) is 4.74 Å². The van der Waals surface area contributed by atoms with Gasteiger partial charge in [0, 0.05) is 19.8 Å². The SMILES string of the molecule is Cc1ccc(C)c(OCn2ccc(C(=O)N(C)CC3CC3)n2)c1. The van der Waals surface area contributed by atoms with Crippen LogP contribution in [0.25, 0.3) is 0 Å². The van der Waals surface area contributed by atoms with E-state index >= 15 is 0 Å². The van der Waals surface area contributed by atoms with Crippen molar-refractivity contribution in [1.29, 1.82) is 0 Å². The van der Waals surface area contributed by atoms with Crippen LogP contribution in [-0.4, -0.2) is 34.2 Å². The van der Waals surface area contributed by atoms with E-state index in [2.05, 4.69) is 11.2 Å². The highest BCUT2D eigenvalue weighted by atomic mass is 16.5. The van der Waals surface area contributed by atoms with Gasteiger partial charge >= 0.3 is 0 Å². The molecule has 0 spiro atoms. The molecule has 5 nitrogen and oxygen atoms in total. The maximum atomic E-state index is 12.3. The summed E-state index contributed by atoms with van der Waals surface area (Å²) in [5.74, 6) is 1.50. The van der Waals surface area contributed by atoms with E-state index in [0.717, 1.165) is 23.4 Å². The van der Waals surface area contributed by atoms with Crippen molar-refractivity contribution < 1.29 is 9.53 Å². The van der Waals surface area contributed by atoms with Crippen molar-refractivity contribution in [1.82, 2.24) is 14.7 Å². The summed E-state index contributed by atoms with van der Waals surface area (Å²) >= 11 is 0. The standard InChI is InChI=1S/C18H23N3O2/c1-13-4-5-14(2)17(10-13)23-12-21-9-8-16(19-21)18(22)20(3)11-15-6-7-15/h4-5,8-10,15H,6-7,11-12H2,1-3H3. The lowest BCUT2D eigenvalue weighted by molar-refractivity contribution is 0.0780. The smallest absolute Gasteiger partial charge is 0.274 e. The predicted molar refractivity (Wildman–Crippen MR) is 88.5 cm³/mol. The highest BCUT2D eigenvalue weighted by Crippen LogP contribution is 2.29. The molecule has 3 rings (SSSR count). The fourth-order valence-corrected chi connectivity index (χ4v) is 2.51. The third-order valence-corrected chi connectivity index (χ3v) is 4.13. The Hall–Kier alpha value is -2.30. The zero-order valence-electron chi connectivity index (χ0n) is 14.0. The van der Waals surface area contributed by atoms with Gasteiger partial charge in [0.2, 0.25) is 0 Å². The number of nitrogens with zero attached hydrogens (tertiary/aromatic N) is 3. The normalized spacial score (nSPS) is 13.9. The Labute approximate surface area is 136 Å². The van der Waals surface area contributed by atoms with E-state index in [1.165, 1.54) is 12.8 Å². The molecule has 0 bridgehead atoms. The fraction of sp³-hybridized carbons (Fsp3) is 0.444. The van der Waals surface area contributed by atoms with E-state index in [-0.39, 0.29) is 5.91 Å². The molecule has 0 aliphatic heterocycles. The summed E-state index contributed by atoms with van der Waals surface area (Å²) in [6.45, 7) is 5.17. The van der Waals surface area contributed by atoms with Crippen LogP contribution >= 0.6 is 0 Å². The first-order chi connectivity index (χ1) is 11.0. The Morgan fingerprint density at radius 1 is 1.35 bits per heavy atom. The molecule has 2 aromatic rings. The second kappa shape index (κ2) is 6.44. The van der Waals surface area contributed by atoms with E-state index in [0.29, 0.717) is 18.3 Å². The first kappa shape index (κ1) is 15.6. The van der Waals surface area contributed by atoms with Crippen LogP contribution in [0.3, 0.4) is 0 Å². The van der Waals surface area contributed by atoms with Gasteiger partial charge in [-0.1, -0.05) is 12.1 Å². The molecule has 0 saturated heterocycles. The molecule has 0 unspecified atom stereocenters. The molecule has 0 N–H and O–H groups in total. The number of hydrogen-bond acceptors (Lipinski definition) is 3. The maximum Gasteiger partial charge on any atom is 0.274 e. The Bertz CT molecular complexity index is 704. The number of benzene rings is 1. The summed E-state index contributed by atoms with van der Waals surface area (Å²) in [6.07, 6.45) is 4.24. The van der Waals surface area contributed by atoms with Crippen molar-refractivity contribution in [2.24, 2.45) is 5.92 Å². The van der Waals surface area contributed by atoms with Crippen molar-refractivity contribution in [3.05, 3.63) is 47.3 Å². The molecule has 122 valence electrons. The Kier molecular flexibility index (Phi) is 4.37. The molecule has 1 fully saturated rings. The van der Waals surface area contributed by atoms with Crippen LogP contribution in [0.1, 0.15) is 34.5 Å². The topological polar surface area (TPSA) is 47.4 Å². The molecule has 23 heavy (non-hydrogen) atoms. The second-order valence-corrected chi connectivity index (χ2v) is 6.41. The van der Waals surface area contributed by atoms with Gasteiger partial charge in [-0.15, -0.1) is 0 Å². The van der Waals surface area contributed by atoms with Crippen LogP contribution in [-0.2, 0) is 6.73 Å². The average molecular weight is 313 g/mol. The first-order valence-corrected chi connectivity index (χ1v) is 8.02. The van der Waals surface area contributed by atoms with Gasteiger partial charge in [-0.2, -0.15) is 5.10 Å². The molecule has 1 saturated carbocycles. The van der Waals surface area contributed by atoms with Crippen molar-refractivity contribution in [2.75, 3.05) is 13.6 Å². The number of hydrogen-bond donors (Lipinski definition) is 0. The molecule has 1 heterocycles. The van der Waals surface area contributed by atoms with Gasteiger partial charge in [-0.05, 0) is 55.9 Å². The Balaban J connectivity index is 1.60. The van der Waals surface area contributed by atoms with Gasteiger partial charge in [-0.25, -0.2) is 4.68 Å². The van der Waals surface area contributed by atoms with Crippen LogP contribution in [0.15, 0.2) is 30.5 Å². The zero-order chi connectivity index (χ0) is 16.4. The monoisotopic (exact) mass is 313 g/mol. The van der Waals surface area contributed by atoms with Gasteiger partial charge in [-0.3, -0.25) is 4.79 Å². The molecule has 5 heteroatoms. The summed E-state index contributed by atoms with van der Waals surface area (Å²) < 4.78 is 7.46. The first-order valence-electron chi connectivity index (χ1n) is 8.02. The minimum Gasteiger partial charge on any atom is -0.471 e. The molecule has 1 aromatic carbocycles. The maximum absolute atomic E-state index is 12.3. The predicted octanol–water partition coefficient (Wildman–Crippen LogP) is 3.02. The highest BCUT2D eigenvalue weighted by molar-refractivity contribution is 5.92. The lowest BCUT2D eigenvalue weighted by atomic mass is 10.1. The van der Waals surface area contributed by atoms with Crippen molar-refractivity contribution in [3.63, 3.8) is 0 Å². The number of rotatable bonds is 6. The van der Waals surface area contributed by atoms with Crippen LogP contribution in [0, 0.1) is 19.8 Å². The summed E-state index contributed by atoms with van der Waals surface area (Å²) in [5.41, 5.74) is 2.71. The van der Waals surface area contributed by atoms with Crippen LogP contribution in [0.4, 0.5) is 0 Å². The Morgan fingerprint density at radius 3 is 2.87 bits per heavy atom. The van der Waals surface area contributed by atoms with Crippen LogP contribution in [0.5, 0.6) is 5.75 Å². The second-order valence-electron chi connectivity index (χ2n) is 6.41. The van der Waals surface area contributed by atoms with Crippen LogP contribution in [0.2, 0.25) is 0 Å². The third-order valence-electron chi connectivity index (χ3n) is 4.13. The van der Waals surface area contributed by atoms with Gasteiger partial charge in [0.25, 0.3) is 5.91 Å². The van der Waals surface area contributed by atoms with Crippen molar-refractivity contribution in [2.45, 2.75) is 33.4 Å². The molecule has 0 atom stereocenters. The minimum absolute atomic E-state index is 0.0256. The van der Waals surface area contributed by atoms with Gasteiger partial charge in [0.1, 0.15) is 11.4 Å². The number of aromatic nitrogens is 2. The van der Waals surface area contributed by atoms with Crippen LogP contribution < -0.4 is 4.74 Å². The lowest BCUT2D eigenvalue weighted by Crippen LogP contribution is -2.29. The van der Waals surface area contributed by atoms with Crippen molar-refractivity contribution in [3.8, 4) is 5.75 Å². The van der Waals surface area contributed by atoms with Gasteiger partial charge in [0.15, 0.2) is 6.73 Å². The molecule has 1 aliphatic rings. The highest BCUT2D eigenvalue weighted by Gasteiger charge is 2.26. The number of aryl methyl sites for hydroxylation is 2. The zero-order valence-corrected chi connectivity index (χ0v) is 14.0. The van der Waals surface area contributed by atoms with E-state index in [9.17, 15) is 4.79 Å². The van der Waals surface area contributed by atoms with E-state index < -0.39 is 0 Å².